The fourth-order valence-corrected chi connectivity index (χ4v) is 3.66. The molecule has 1 aromatic carbocycles. The summed E-state index contributed by atoms with van der Waals surface area (Å²) in [6.07, 6.45) is 2.72. The van der Waals surface area contributed by atoms with E-state index in [0.717, 1.165) is 11.3 Å². The van der Waals surface area contributed by atoms with Gasteiger partial charge in [0.2, 0.25) is 5.91 Å². The van der Waals surface area contributed by atoms with Crippen LogP contribution in [-0.2, 0) is 16.1 Å². The predicted molar refractivity (Wildman–Crippen MR) is 120 cm³/mol. The summed E-state index contributed by atoms with van der Waals surface area (Å²) in [5.41, 5.74) is -1.04. The molecule has 1 aromatic heterocycles. The summed E-state index contributed by atoms with van der Waals surface area (Å²) < 4.78 is 15.9. The minimum atomic E-state index is -0.649. The molecule has 2 aromatic rings. The quantitative estimate of drug-likeness (QED) is 0.732. The van der Waals surface area contributed by atoms with Crippen molar-refractivity contribution < 1.29 is 14.0 Å². The third-order valence-corrected chi connectivity index (χ3v) is 5.60. The van der Waals surface area contributed by atoms with Crippen LogP contribution in [0.25, 0.3) is 12.2 Å². The van der Waals surface area contributed by atoms with E-state index >= 15 is 0 Å². The van der Waals surface area contributed by atoms with E-state index in [1.807, 2.05) is 13.8 Å². The number of carbonyl (C=O) groups excluding carboxylic acids is 2. The topological polar surface area (TPSA) is 68.2 Å². The van der Waals surface area contributed by atoms with E-state index in [9.17, 15) is 18.8 Å². The van der Waals surface area contributed by atoms with Gasteiger partial charge in [0.25, 0.3) is 5.56 Å². The molecule has 0 aliphatic carbocycles. The molecule has 1 amide bonds. The van der Waals surface area contributed by atoms with Gasteiger partial charge in [-0.1, -0.05) is 52.3 Å². The number of amides is 1. The highest BCUT2D eigenvalue weighted by Gasteiger charge is 2.20. The van der Waals surface area contributed by atoms with Gasteiger partial charge in [0.05, 0.1) is 9.55 Å². The van der Waals surface area contributed by atoms with Crippen LogP contribution in [0.2, 0.25) is 5.02 Å². The minimum absolute atomic E-state index is 0.0858. The van der Waals surface area contributed by atoms with Crippen LogP contribution in [0.3, 0.4) is 0 Å². The number of carbonyl (C=O) groups is 2. The van der Waals surface area contributed by atoms with Crippen molar-refractivity contribution in [2.75, 3.05) is 6.54 Å². The first-order chi connectivity index (χ1) is 13.9. The molecule has 0 radical (unpaired) electrons. The van der Waals surface area contributed by atoms with E-state index in [4.69, 9.17) is 11.6 Å². The van der Waals surface area contributed by atoms with E-state index in [-0.39, 0.29) is 39.3 Å². The Hall–Kier alpha value is -2.25. The first-order valence-corrected chi connectivity index (χ1v) is 10.8. The van der Waals surface area contributed by atoms with Gasteiger partial charge in [-0.15, -0.1) is 11.3 Å². The van der Waals surface area contributed by atoms with Crippen molar-refractivity contribution in [1.29, 1.82) is 0 Å². The Morgan fingerprint density at radius 2 is 1.97 bits per heavy atom. The normalized spacial score (nSPS) is 13.2. The van der Waals surface area contributed by atoms with E-state index in [1.165, 1.54) is 34.9 Å². The zero-order valence-electron chi connectivity index (χ0n) is 17.7. The first-order valence-electron chi connectivity index (χ1n) is 9.58. The Bertz CT molecular complexity index is 1110. The number of aromatic nitrogens is 1. The standard InChI is InChI=1S/C22H26ClFN2O3S/c1-13(2)11-25-19(28)12-26-20(10-18(27)22(3,4)5)30-17(21(26)29)9-14-15(23)7-6-8-16(14)24/h6-10,13H,11-12H2,1-5H3,(H,25,28)/b17-9+,20-10-. The van der Waals surface area contributed by atoms with Gasteiger partial charge in [-0.05, 0) is 24.1 Å². The maximum Gasteiger partial charge on any atom is 0.269 e. The van der Waals surface area contributed by atoms with Crippen molar-refractivity contribution in [3.05, 3.63) is 54.2 Å². The lowest BCUT2D eigenvalue weighted by Crippen LogP contribution is -2.39. The molecule has 0 bridgehead atoms. The molecule has 0 spiro atoms. The Morgan fingerprint density at radius 3 is 2.53 bits per heavy atom. The lowest BCUT2D eigenvalue weighted by atomic mass is 9.91. The third kappa shape index (κ3) is 6.12. The molecule has 0 atom stereocenters. The van der Waals surface area contributed by atoms with Gasteiger partial charge in [-0.3, -0.25) is 19.0 Å². The average Bonchev–Trinajstić information content (AvgIpc) is 2.91. The van der Waals surface area contributed by atoms with Crippen molar-refractivity contribution in [2.24, 2.45) is 11.3 Å². The fourth-order valence-electron chi connectivity index (χ4n) is 2.42. The van der Waals surface area contributed by atoms with Crippen LogP contribution in [0.1, 0.15) is 40.2 Å². The number of nitrogens with zero attached hydrogens (tertiary/aromatic N) is 1. The molecule has 1 N–H and O–H groups in total. The Kier molecular flexibility index (Phi) is 7.77. The highest BCUT2D eigenvalue weighted by molar-refractivity contribution is 7.07. The van der Waals surface area contributed by atoms with Gasteiger partial charge in [0.15, 0.2) is 5.78 Å². The maximum absolute atomic E-state index is 14.2. The molecule has 0 saturated carbocycles. The van der Waals surface area contributed by atoms with Crippen LogP contribution in [0, 0.1) is 17.2 Å². The number of hydrogen-bond acceptors (Lipinski definition) is 4. The molecule has 1 heterocycles. The lowest BCUT2D eigenvalue weighted by molar-refractivity contribution is -0.122. The molecule has 0 saturated heterocycles. The van der Waals surface area contributed by atoms with E-state index < -0.39 is 16.8 Å². The average molecular weight is 453 g/mol. The van der Waals surface area contributed by atoms with Crippen LogP contribution >= 0.6 is 22.9 Å². The Balaban J connectivity index is 2.63. The Labute approximate surface area is 183 Å². The van der Waals surface area contributed by atoms with Gasteiger partial charge >= 0.3 is 0 Å². The highest BCUT2D eigenvalue weighted by Crippen LogP contribution is 2.19. The molecular formula is C22H26ClFN2O3S. The zero-order valence-corrected chi connectivity index (χ0v) is 19.3. The van der Waals surface area contributed by atoms with Crippen molar-refractivity contribution in [3.63, 3.8) is 0 Å². The van der Waals surface area contributed by atoms with Crippen LogP contribution in [-0.4, -0.2) is 22.8 Å². The second-order valence-electron chi connectivity index (χ2n) is 8.43. The fraction of sp³-hybridized carbons (Fsp3) is 0.409. The van der Waals surface area contributed by atoms with Crippen LogP contribution in [0.5, 0.6) is 0 Å². The summed E-state index contributed by atoms with van der Waals surface area (Å²) in [5.74, 6) is -0.825. The van der Waals surface area contributed by atoms with Gasteiger partial charge in [0, 0.05) is 23.6 Å². The van der Waals surface area contributed by atoms with Crippen molar-refractivity contribution in [2.45, 2.75) is 41.2 Å². The van der Waals surface area contributed by atoms with Crippen LogP contribution in [0.4, 0.5) is 4.39 Å². The summed E-state index contributed by atoms with van der Waals surface area (Å²) in [4.78, 5) is 37.8. The zero-order chi connectivity index (χ0) is 22.6. The third-order valence-electron chi connectivity index (χ3n) is 4.21. The summed E-state index contributed by atoms with van der Waals surface area (Å²) in [6.45, 7) is 9.47. The number of rotatable bonds is 6. The summed E-state index contributed by atoms with van der Waals surface area (Å²) >= 11 is 7.10. The number of thiazole rings is 1. The smallest absolute Gasteiger partial charge is 0.269 e. The number of benzene rings is 1. The molecular weight excluding hydrogens is 427 g/mol. The molecule has 0 unspecified atom stereocenters. The van der Waals surface area contributed by atoms with E-state index in [0.29, 0.717) is 11.2 Å². The molecule has 162 valence electrons. The summed E-state index contributed by atoms with van der Waals surface area (Å²) in [7, 11) is 0. The molecule has 8 heteroatoms. The summed E-state index contributed by atoms with van der Waals surface area (Å²) in [5, 5.41) is 2.93. The SMILES string of the molecule is CC(C)CNC(=O)Cn1c(=O)/c(=C\c2c(F)cccc2Cl)s/c1=C\C(=O)C(C)(C)C. The number of nitrogens with one attached hydrogen (secondary N) is 1. The van der Waals surface area contributed by atoms with Crippen LogP contribution in [0.15, 0.2) is 23.0 Å². The predicted octanol–water partition coefficient (Wildman–Crippen LogP) is 2.70. The molecule has 2 rings (SSSR count). The van der Waals surface area contributed by atoms with Crippen molar-refractivity contribution >= 4 is 46.8 Å². The first kappa shape index (κ1) is 24.0. The monoisotopic (exact) mass is 452 g/mol. The van der Waals surface area contributed by atoms with Gasteiger partial charge in [-0.2, -0.15) is 0 Å². The number of Topliss-reactive ketones (excluding diaryl/α,β-unsaturated/α-hetero) is 1. The lowest BCUT2D eigenvalue weighted by Gasteiger charge is -2.13. The van der Waals surface area contributed by atoms with Gasteiger partial charge in [-0.25, -0.2) is 4.39 Å². The molecule has 0 aliphatic heterocycles. The molecule has 0 aliphatic rings. The second-order valence-corrected chi connectivity index (χ2v) is 9.90. The number of ketones is 1. The second kappa shape index (κ2) is 9.71. The summed E-state index contributed by atoms with van der Waals surface area (Å²) in [6, 6.07) is 4.25. The molecule has 30 heavy (non-hydrogen) atoms. The largest absolute Gasteiger partial charge is 0.354 e. The number of halogens is 2. The molecule has 5 nitrogen and oxygen atoms in total. The number of hydrogen-bond donors (Lipinski definition) is 1. The highest BCUT2D eigenvalue weighted by atomic mass is 35.5. The van der Waals surface area contributed by atoms with E-state index in [2.05, 4.69) is 5.32 Å². The van der Waals surface area contributed by atoms with Crippen molar-refractivity contribution in [1.82, 2.24) is 9.88 Å². The van der Waals surface area contributed by atoms with Gasteiger partial charge < -0.3 is 5.32 Å². The van der Waals surface area contributed by atoms with Crippen molar-refractivity contribution in [3.8, 4) is 0 Å². The van der Waals surface area contributed by atoms with E-state index in [1.54, 1.807) is 20.8 Å². The van der Waals surface area contributed by atoms with Crippen LogP contribution < -0.4 is 20.1 Å². The maximum atomic E-state index is 14.2. The molecule has 0 fully saturated rings. The van der Waals surface area contributed by atoms with Gasteiger partial charge in [0.1, 0.15) is 17.0 Å². The Morgan fingerprint density at radius 1 is 1.30 bits per heavy atom. The minimum Gasteiger partial charge on any atom is -0.354 e.